The second kappa shape index (κ2) is 5.21. The highest BCUT2D eigenvalue weighted by atomic mass is 35.5. The zero-order chi connectivity index (χ0) is 11.7. The predicted molar refractivity (Wildman–Crippen MR) is 74.9 cm³/mol. The molecule has 0 amide bonds. The summed E-state index contributed by atoms with van der Waals surface area (Å²) in [6, 6.07) is 6.82. The van der Waals surface area contributed by atoms with Crippen LogP contribution in [-0.4, -0.2) is 12.3 Å². The monoisotopic (exact) mass is 267 g/mol. The average molecular weight is 268 g/mol. The fourth-order valence-corrected chi connectivity index (χ4v) is 3.73. The Balaban J connectivity index is 1.66. The Morgan fingerprint density at radius 2 is 2.18 bits per heavy atom. The SMILES string of the molecule is Clc1ccc2c(c1)C(NCCC1CC1)CCS2. The van der Waals surface area contributed by atoms with Gasteiger partial charge in [-0.1, -0.05) is 24.4 Å². The Bertz CT molecular complexity index is 403. The van der Waals surface area contributed by atoms with Crippen molar-refractivity contribution < 1.29 is 0 Å². The summed E-state index contributed by atoms with van der Waals surface area (Å²) >= 11 is 8.05. The minimum Gasteiger partial charge on any atom is -0.310 e. The molecule has 1 fully saturated rings. The second-order valence-corrected chi connectivity index (χ2v) is 6.63. The van der Waals surface area contributed by atoms with E-state index in [0.29, 0.717) is 6.04 Å². The molecule has 1 saturated carbocycles. The molecule has 2 aliphatic rings. The maximum Gasteiger partial charge on any atom is 0.0410 e. The van der Waals surface area contributed by atoms with Crippen LogP contribution in [0.25, 0.3) is 0 Å². The molecule has 1 aromatic rings. The molecule has 3 heteroatoms. The molecule has 3 rings (SSSR count). The van der Waals surface area contributed by atoms with Crippen LogP contribution in [0.5, 0.6) is 0 Å². The largest absolute Gasteiger partial charge is 0.310 e. The van der Waals surface area contributed by atoms with Crippen LogP contribution in [0.15, 0.2) is 23.1 Å². The number of nitrogens with one attached hydrogen (secondary N) is 1. The van der Waals surface area contributed by atoms with Crippen molar-refractivity contribution in [2.45, 2.75) is 36.6 Å². The van der Waals surface area contributed by atoms with E-state index in [1.807, 2.05) is 17.8 Å². The summed E-state index contributed by atoms with van der Waals surface area (Å²) in [5.41, 5.74) is 1.41. The number of hydrogen-bond acceptors (Lipinski definition) is 2. The molecule has 1 atom stereocenters. The van der Waals surface area contributed by atoms with E-state index in [-0.39, 0.29) is 0 Å². The zero-order valence-corrected chi connectivity index (χ0v) is 11.5. The minimum absolute atomic E-state index is 0.517. The minimum atomic E-state index is 0.517. The number of thioether (sulfide) groups is 1. The lowest BCUT2D eigenvalue weighted by Gasteiger charge is -2.26. The molecular formula is C14H18ClNS. The molecular weight excluding hydrogens is 250 g/mol. The first-order valence-electron chi connectivity index (χ1n) is 6.48. The van der Waals surface area contributed by atoms with Crippen molar-refractivity contribution >= 4 is 23.4 Å². The van der Waals surface area contributed by atoms with Gasteiger partial charge in [0.2, 0.25) is 0 Å². The molecule has 0 radical (unpaired) electrons. The van der Waals surface area contributed by atoms with Crippen LogP contribution < -0.4 is 5.32 Å². The molecule has 1 N–H and O–H groups in total. The van der Waals surface area contributed by atoms with Gasteiger partial charge >= 0.3 is 0 Å². The van der Waals surface area contributed by atoms with E-state index in [4.69, 9.17) is 11.6 Å². The van der Waals surface area contributed by atoms with Gasteiger partial charge in [0.15, 0.2) is 0 Å². The third kappa shape index (κ3) is 2.98. The summed E-state index contributed by atoms with van der Waals surface area (Å²) in [6.07, 6.45) is 5.47. The van der Waals surface area contributed by atoms with E-state index in [0.717, 1.165) is 17.5 Å². The second-order valence-electron chi connectivity index (χ2n) is 5.06. The lowest BCUT2D eigenvalue weighted by atomic mass is 10.0. The summed E-state index contributed by atoms with van der Waals surface area (Å²) in [7, 11) is 0. The molecule has 1 nitrogen and oxygen atoms in total. The lowest BCUT2D eigenvalue weighted by Crippen LogP contribution is -2.25. The highest BCUT2D eigenvalue weighted by Crippen LogP contribution is 2.38. The van der Waals surface area contributed by atoms with Crippen LogP contribution >= 0.6 is 23.4 Å². The molecule has 0 saturated heterocycles. The summed E-state index contributed by atoms with van der Waals surface area (Å²) in [4.78, 5) is 1.41. The van der Waals surface area contributed by atoms with Crippen LogP contribution in [0.4, 0.5) is 0 Å². The number of hydrogen-bond donors (Lipinski definition) is 1. The third-order valence-corrected chi connectivity index (χ3v) is 5.01. The summed E-state index contributed by atoms with van der Waals surface area (Å²) in [5, 5.41) is 4.57. The smallest absolute Gasteiger partial charge is 0.0410 e. The predicted octanol–water partition coefficient (Wildman–Crippen LogP) is 4.27. The van der Waals surface area contributed by atoms with Crippen molar-refractivity contribution in [3.63, 3.8) is 0 Å². The van der Waals surface area contributed by atoms with Crippen molar-refractivity contribution in [3.8, 4) is 0 Å². The van der Waals surface area contributed by atoms with Gasteiger partial charge in [-0.05, 0) is 54.8 Å². The Morgan fingerprint density at radius 1 is 1.29 bits per heavy atom. The van der Waals surface area contributed by atoms with Gasteiger partial charge < -0.3 is 5.32 Å². The molecule has 17 heavy (non-hydrogen) atoms. The highest BCUT2D eigenvalue weighted by Gasteiger charge is 2.23. The van der Waals surface area contributed by atoms with E-state index in [1.54, 1.807) is 0 Å². The van der Waals surface area contributed by atoms with Crippen molar-refractivity contribution in [2.75, 3.05) is 12.3 Å². The summed E-state index contributed by atoms with van der Waals surface area (Å²) in [5.74, 6) is 2.23. The van der Waals surface area contributed by atoms with E-state index < -0.39 is 0 Å². The lowest BCUT2D eigenvalue weighted by molar-refractivity contribution is 0.491. The molecule has 92 valence electrons. The van der Waals surface area contributed by atoms with Crippen LogP contribution in [0.2, 0.25) is 5.02 Å². The molecule has 0 aromatic heterocycles. The van der Waals surface area contributed by atoms with Gasteiger partial charge in [0.05, 0.1) is 0 Å². The fourth-order valence-electron chi connectivity index (χ4n) is 2.45. The van der Waals surface area contributed by atoms with Crippen LogP contribution in [-0.2, 0) is 0 Å². The average Bonchev–Trinajstić information content (AvgIpc) is 3.14. The first-order valence-corrected chi connectivity index (χ1v) is 7.85. The normalized spacial score (nSPS) is 23.5. The van der Waals surface area contributed by atoms with Crippen LogP contribution in [0.3, 0.4) is 0 Å². The molecule has 1 unspecified atom stereocenters. The van der Waals surface area contributed by atoms with Crippen LogP contribution in [0.1, 0.15) is 37.3 Å². The highest BCUT2D eigenvalue weighted by molar-refractivity contribution is 7.99. The molecule has 1 aliphatic carbocycles. The zero-order valence-electron chi connectivity index (χ0n) is 9.92. The Hall–Kier alpha value is -0.180. The third-order valence-electron chi connectivity index (χ3n) is 3.65. The summed E-state index contributed by atoms with van der Waals surface area (Å²) < 4.78 is 0. The Kier molecular flexibility index (Phi) is 3.64. The van der Waals surface area contributed by atoms with Gasteiger partial charge in [-0.25, -0.2) is 0 Å². The maximum absolute atomic E-state index is 6.10. The fraction of sp³-hybridized carbons (Fsp3) is 0.571. The Morgan fingerprint density at radius 3 is 3.00 bits per heavy atom. The molecule has 1 heterocycles. The Labute approximate surface area is 112 Å². The number of halogens is 1. The first-order chi connectivity index (χ1) is 8.33. The molecule has 1 aliphatic heterocycles. The van der Waals surface area contributed by atoms with E-state index in [1.165, 1.54) is 41.9 Å². The van der Waals surface area contributed by atoms with Gasteiger partial charge in [-0.2, -0.15) is 0 Å². The van der Waals surface area contributed by atoms with Crippen molar-refractivity contribution in [1.82, 2.24) is 5.32 Å². The maximum atomic E-state index is 6.10. The summed E-state index contributed by atoms with van der Waals surface area (Å²) in [6.45, 7) is 1.16. The first kappa shape index (κ1) is 11.9. The van der Waals surface area contributed by atoms with Gasteiger partial charge in [0, 0.05) is 16.0 Å². The van der Waals surface area contributed by atoms with E-state index in [9.17, 15) is 0 Å². The van der Waals surface area contributed by atoms with Gasteiger partial charge in [-0.15, -0.1) is 11.8 Å². The van der Waals surface area contributed by atoms with Crippen LogP contribution in [0, 0.1) is 5.92 Å². The van der Waals surface area contributed by atoms with Crippen molar-refractivity contribution in [1.29, 1.82) is 0 Å². The van der Waals surface area contributed by atoms with Gasteiger partial charge in [-0.3, -0.25) is 0 Å². The number of fused-ring (bicyclic) bond motifs is 1. The standard InChI is InChI=1S/C14H18ClNS/c15-11-3-4-14-12(9-11)13(6-8-17-14)16-7-5-10-1-2-10/h3-4,9-10,13,16H,1-2,5-8H2. The molecule has 0 spiro atoms. The molecule has 1 aromatic carbocycles. The molecule has 0 bridgehead atoms. The van der Waals surface area contributed by atoms with Crippen molar-refractivity contribution in [2.24, 2.45) is 5.92 Å². The number of rotatable bonds is 4. The number of benzene rings is 1. The topological polar surface area (TPSA) is 12.0 Å². The van der Waals surface area contributed by atoms with Gasteiger partial charge in [0.1, 0.15) is 0 Å². The van der Waals surface area contributed by atoms with Gasteiger partial charge in [0.25, 0.3) is 0 Å². The quantitative estimate of drug-likeness (QED) is 0.875. The van der Waals surface area contributed by atoms with E-state index in [2.05, 4.69) is 17.4 Å². The van der Waals surface area contributed by atoms with Crippen molar-refractivity contribution in [3.05, 3.63) is 28.8 Å². The van der Waals surface area contributed by atoms with E-state index >= 15 is 0 Å².